The van der Waals surface area contributed by atoms with Crippen LogP contribution in [0.1, 0.15) is 0 Å². The van der Waals surface area contributed by atoms with Gasteiger partial charge in [0.1, 0.15) is 0 Å². The summed E-state index contributed by atoms with van der Waals surface area (Å²) in [4.78, 5) is 25.0. The van der Waals surface area contributed by atoms with E-state index in [-0.39, 0.29) is 11.2 Å². The van der Waals surface area contributed by atoms with E-state index in [0.29, 0.717) is 10.9 Å². The third-order valence-electron chi connectivity index (χ3n) is 2.15. The van der Waals surface area contributed by atoms with Gasteiger partial charge in [-0.15, -0.1) is 0 Å². The number of nitro groups is 1. The Hall–Kier alpha value is -2.24. The molecule has 0 spiro atoms. The predicted octanol–water partition coefficient (Wildman–Crippen LogP) is 0.842. The van der Waals surface area contributed by atoms with Gasteiger partial charge in [0.15, 0.2) is 0 Å². The van der Waals surface area contributed by atoms with Crippen molar-refractivity contribution in [3.8, 4) is 0 Å². The van der Waals surface area contributed by atoms with Gasteiger partial charge in [0.2, 0.25) is 0 Å². The smallest absolute Gasteiger partial charge is 0.280 e. The second-order valence-corrected chi connectivity index (χ2v) is 3.12. The molecule has 0 bridgehead atoms. The van der Waals surface area contributed by atoms with Gasteiger partial charge < -0.3 is 4.57 Å². The zero-order valence-electron chi connectivity index (χ0n) is 7.88. The van der Waals surface area contributed by atoms with Gasteiger partial charge in [-0.3, -0.25) is 14.9 Å². The average molecular weight is 205 g/mol. The first-order chi connectivity index (χ1) is 7.09. The van der Waals surface area contributed by atoms with Gasteiger partial charge in [-0.05, 0) is 6.07 Å². The van der Waals surface area contributed by atoms with Crippen LogP contribution in [-0.4, -0.2) is 14.5 Å². The van der Waals surface area contributed by atoms with Gasteiger partial charge in [-0.25, -0.2) is 0 Å². The number of aromatic nitrogens is 2. The molecule has 76 valence electrons. The molecule has 0 aliphatic rings. The molecular formula is C9H7N3O3. The van der Waals surface area contributed by atoms with Crippen molar-refractivity contribution in [2.45, 2.75) is 0 Å². The van der Waals surface area contributed by atoms with Crippen molar-refractivity contribution in [2.24, 2.45) is 7.05 Å². The number of aryl methyl sites for hydroxylation is 1. The van der Waals surface area contributed by atoms with Crippen molar-refractivity contribution in [3.63, 3.8) is 0 Å². The Morgan fingerprint density at radius 3 is 2.87 bits per heavy atom. The standard InChI is InChI=1S/C9H7N3O3/c1-11-5-10-9(13)7-3-2-6(12(14)15)4-8(7)11/h2-5H,1H3. The SMILES string of the molecule is Cn1cnc(=O)c2ccc([N+](=O)[O-])cc21. The van der Waals surface area contributed by atoms with Crippen molar-refractivity contribution in [1.82, 2.24) is 9.55 Å². The van der Waals surface area contributed by atoms with Gasteiger partial charge in [0.05, 0.1) is 22.2 Å². The van der Waals surface area contributed by atoms with Crippen molar-refractivity contribution in [2.75, 3.05) is 0 Å². The van der Waals surface area contributed by atoms with E-state index >= 15 is 0 Å². The highest BCUT2D eigenvalue weighted by molar-refractivity contribution is 5.80. The summed E-state index contributed by atoms with van der Waals surface area (Å²) in [5.41, 5.74) is 0.0888. The summed E-state index contributed by atoms with van der Waals surface area (Å²) in [5.74, 6) is 0. The molecule has 0 amide bonds. The first-order valence-electron chi connectivity index (χ1n) is 4.19. The molecule has 2 aromatic rings. The van der Waals surface area contributed by atoms with Crippen LogP contribution in [-0.2, 0) is 7.05 Å². The van der Waals surface area contributed by atoms with E-state index in [4.69, 9.17) is 0 Å². The van der Waals surface area contributed by atoms with Crippen molar-refractivity contribution in [1.29, 1.82) is 0 Å². The summed E-state index contributed by atoms with van der Waals surface area (Å²) in [6.45, 7) is 0. The van der Waals surface area contributed by atoms with Gasteiger partial charge in [-0.2, -0.15) is 4.98 Å². The maximum absolute atomic E-state index is 11.3. The Bertz CT molecular complexity index is 603. The van der Waals surface area contributed by atoms with Crippen LogP contribution in [0.2, 0.25) is 0 Å². The Balaban J connectivity index is 2.87. The largest absolute Gasteiger partial charge is 0.335 e. The lowest BCUT2D eigenvalue weighted by Gasteiger charge is -2.02. The number of fused-ring (bicyclic) bond motifs is 1. The van der Waals surface area contributed by atoms with Crippen LogP contribution >= 0.6 is 0 Å². The summed E-state index contributed by atoms with van der Waals surface area (Å²) in [5, 5.41) is 10.9. The normalized spacial score (nSPS) is 10.5. The number of rotatable bonds is 1. The van der Waals surface area contributed by atoms with Crippen LogP contribution in [0.5, 0.6) is 0 Å². The Morgan fingerprint density at radius 2 is 2.20 bits per heavy atom. The quantitative estimate of drug-likeness (QED) is 0.510. The number of non-ortho nitro benzene ring substituents is 1. The molecule has 0 saturated carbocycles. The van der Waals surface area contributed by atoms with E-state index in [0.717, 1.165) is 0 Å². The molecule has 0 radical (unpaired) electrons. The average Bonchev–Trinajstić information content (AvgIpc) is 2.23. The third-order valence-corrected chi connectivity index (χ3v) is 2.15. The molecule has 6 nitrogen and oxygen atoms in total. The van der Waals surface area contributed by atoms with Gasteiger partial charge in [0, 0.05) is 19.2 Å². The molecule has 15 heavy (non-hydrogen) atoms. The molecule has 0 aliphatic carbocycles. The van der Waals surface area contributed by atoms with E-state index in [2.05, 4.69) is 4.98 Å². The van der Waals surface area contributed by atoms with E-state index < -0.39 is 4.92 Å². The minimum Gasteiger partial charge on any atom is -0.335 e. The maximum Gasteiger partial charge on any atom is 0.280 e. The molecule has 1 aromatic carbocycles. The number of benzene rings is 1. The summed E-state index contributed by atoms with van der Waals surface area (Å²) in [6.07, 6.45) is 1.34. The molecule has 0 N–H and O–H groups in total. The molecule has 1 aromatic heterocycles. The highest BCUT2D eigenvalue weighted by atomic mass is 16.6. The predicted molar refractivity (Wildman–Crippen MR) is 53.6 cm³/mol. The van der Waals surface area contributed by atoms with Gasteiger partial charge in [0.25, 0.3) is 11.2 Å². The summed E-state index contributed by atoms with van der Waals surface area (Å²) < 4.78 is 1.57. The molecule has 0 unspecified atom stereocenters. The Labute approximate surface area is 83.9 Å². The highest BCUT2D eigenvalue weighted by Crippen LogP contribution is 2.16. The van der Waals surface area contributed by atoms with Crippen LogP contribution in [0, 0.1) is 10.1 Å². The van der Waals surface area contributed by atoms with Crippen LogP contribution in [0.3, 0.4) is 0 Å². The molecule has 0 atom stereocenters. The fourth-order valence-corrected chi connectivity index (χ4v) is 1.38. The summed E-state index contributed by atoms with van der Waals surface area (Å²) in [7, 11) is 1.68. The topological polar surface area (TPSA) is 78.0 Å². The molecule has 1 heterocycles. The zero-order chi connectivity index (χ0) is 11.0. The Kier molecular flexibility index (Phi) is 1.96. The van der Waals surface area contributed by atoms with Crippen molar-refractivity contribution < 1.29 is 4.92 Å². The third kappa shape index (κ3) is 1.45. The zero-order valence-corrected chi connectivity index (χ0v) is 7.88. The Morgan fingerprint density at radius 1 is 1.47 bits per heavy atom. The second kappa shape index (κ2) is 3.16. The summed E-state index contributed by atoms with van der Waals surface area (Å²) in [6, 6.07) is 4.08. The first-order valence-corrected chi connectivity index (χ1v) is 4.19. The number of nitrogens with zero attached hydrogens (tertiary/aromatic N) is 3. The van der Waals surface area contributed by atoms with E-state index in [1.54, 1.807) is 11.6 Å². The van der Waals surface area contributed by atoms with E-state index in [1.165, 1.54) is 24.5 Å². The molecule has 6 heteroatoms. The second-order valence-electron chi connectivity index (χ2n) is 3.12. The highest BCUT2D eigenvalue weighted by Gasteiger charge is 2.09. The lowest BCUT2D eigenvalue weighted by molar-refractivity contribution is -0.384. The number of hydrogen-bond donors (Lipinski definition) is 0. The minimum atomic E-state index is -0.496. The number of nitro benzene ring substituents is 1. The molecule has 2 rings (SSSR count). The van der Waals surface area contributed by atoms with Gasteiger partial charge in [-0.1, -0.05) is 0 Å². The first kappa shape index (κ1) is 9.32. The minimum absolute atomic E-state index is 0.0382. The van der Waals surface area contributed by atoms with Crippen molar-refractivity contribution in [3.05, 3.63) is 45.0 Å². The van der Waals surface area contributed by atoms with Crippen LogP contribution in [0.4, 0.5) is 5.69 Å². The number of hydrogen-bond acceptors (Lipinski definition) is 4. The molecular weight excluding hydrogens is 198 g/mol. The van der Waals surface area contributed by atoms with Crippen molar-refractivity contribution >= 4 is 16.6 Å². The molecule has 0 aliphatic heterocycles. The molecule has 0 saturated heterocycles. The van der Waals surface area contributed by atoms with E-state index in [9.17, 15) is 14.9 Å². The van der Waals surface area contributed by atoms with Crippen LogP contribution in [0.15, 0.2) is 29.3 Å². The van der Waals surface area contributed by atoms with Crippen LogP contribution < -0.4 is 5.56 Å². The van der Waals surface area contributed by atoms with Crippen LogP contribution in [0.25, 0.3) is 10.9 Å². The van der Waals surface area contributed by atoms with Gasteiger partial charge >= 0.3 is 0 Å². The monoisotopic (exact) mass is 205 g/mol. The molecule has 0 fully saturated rings. The van der Waals surface area contributed by atoms with E-state index in [1.807, 2.05) is 0 Å². The lowest BCUT2D eigenvalue weighted by Crippen LogP contribution is -2.10. The maximum atomic E-state index is 11.3. The summed E-state index contributed by atoms with van der Waals surface area (Å²) >= 11 is 0. The fraction of sp³-hybridized carbons (Fsp3) is 0.111. The fourth-order valence-electron chi connectivity index (χ4n) is 1.38. The lowest BCUT2D eigenvalue weighted by atomic mass is 10.2.